The fourth-order valence-electron chi connectivity index (χ4n) is 0.744. The summed E-state index contributed by atoms with van der Waals surface area (Å²) in [6.45, 7) is 5.62. The molecule has 0 rings (SSSR count). The Morgan fingerprint density at radius 3 is 2.46 bits per heavy atom. The van der Waals surface area contributed by atoms with Crippen LogP contribution in [0.3, 0.4) is 0 Å². The molecule has 0 radical (unpaired) electrons. The van der Waals surface area contributed by atoms with Crippen molar-refractivity contribution in [1.82, 2.24) is 0 Å². The quantitative estimate of drug-likeness (QED) is 0.345. The zero-order valence-electron chi connectivity index (χ0n) is 8.47. The summed E-state index contributed by atoms with van der Waals surface area (Å²) in [4.78, 5) is 11.1. The van der Waals surface area contributed by atoms with E-state index in [9.17, 15) is 4.79 Å². The molecule has 0 spiro atoms. The van der Waals surface area contributed by atoms with Crippen molar-refractivity contribution in [1.29, 1.82) is 0 Å². The molecule has 0 N–H and O–H groups in total. The number of esters is 1. The fraction of sp³-hybridized carbons (Fsp3) is 0.700. The van der Waals surface area contributed by atoms with Gasteiger partial charge in [0.15, 0.2) is 0 Å². The van der Waals surface area contributed by atoms with E-state index in [-0.39, 0.29) is 11.6 Å². The summed E-state index contributed by atoms with van der Waals surface area (Å²) < 4.78 is 6.21. The molecule has 0 aliphatic rings. The monoisotopic (exact) mass is 296 g/mol. The van der Waals surface area contributed by atoms with Gasteiger partial charge in [-0.25, -0.2) is 0 Å². The molecule has 0 unspecified atom stereocenters. The summed E-state index contributed by atoms with van der Waals surface area (Å²) in [6.07, 6.45) is 5.28. The summed E-state index contributed by atoms with van der Waals surface area (Å²) in [5, 5.41) is 0. The molecule has 0 atom stereocenters. The van der Waals surface area contributed by atoms with Crippen molar-refractivity contribution >= 4 is 28.6 Å². The van der Waals surface area contributed by atoms with E-state index in [2.05, 4.69) is 22.6 Å². The highest BCUT2D eigenvalue weighted by Gasteiger charge is 2.14. The minimum Gasteiger partial charge on any atom is -0.460 e. The number of halogens is 1. The lowest BCUT2D eigenvalue weighted by atomic mass is 10.2. The molecule has 0 heterocycles. The van der Waals surface area contributed by atoms with Crippen molar-refractivity contribution in [3.63, 3.8) is 0 Å². The Morgan fingerprint density at radius 2 is 2.00 bits per heavy atom. The maximum Gasteiger partial charge on any atom is 0.310 e. The van der Waals surface area contributed by atoms with Crippen LogP contribution in [0.4, 0.5) is 0 Å². The Labute approximate surface area is 93.9 Å². The SMILES string of the molecule is CC(C)(C)OC(=O)CC=CCCI. The molecule has 3 heteroatoms. The van der Waals surface area contributed by atoms with Crippen LogP contribution in [-0.4, -0.2) is 16.0 Å². The maximum absolute atomic E-state index is 11.1. The van der Waals surface area contributed by atoms with E-state index < -0.39 is 0 Å². The predicted molar refractivity (Wildman–Crippen MR) is 63.1 cm³/mol. The van der Waals surface area contributed by atoms with E-state index in [1.54, 1.807) is 0 Å². The molecule has 13 heavy (non-hydrogen) atoms. The predicted octanol–water partition coefficient (Wildman–Crippen LogP) is 3.10. The van der Waals surface area contributed by atoms with Gasteiger partial charge in [-0.05, 0) is 27.2 Å². The Hall–Kier alpha value is -0.0600. The summed E-state index contributed by atoms with van der Waals surface area (Å²) in [5.74, 6) is -0.155. The molecule has 2 nitrogen and oxygen atoms in total. The highest BCUT2D eigenvalue weighted by molar-refractivity contribution is 14.1. The van der Waals surface area contributed by atoms with Crippen LogP contribution in [0.2, 0.25) is 0 Å². The Balaban J connectivity index is 3.64. The van der Waals surface area contributed by atoms with Crippen molar-refractivity contribution in [2.24, 2.45) is 0 Å². The second kappa shape index (κ2) is 6.40. The first-order valence-electron chi connectivity index (χ1n) is 4.38. The smallest absolute Gasteiger partial charge is 0.310 e. The van der Waals surface area contributed by atoms with Crippen molar-refractivity contribution in [2.75, 3.05) is 4.43 Å². The van der Waals surface area contributed by atoms with Crippen molar-refractivity contribution in [3.8, 4) is 0 Å². The minimum absolute atomic E-state index is 0.155. The molecule has 0 aromatic carbocycles. The van der Waals surface area contributed by atoms with E-state index >= 15 is 0 Å². The summed E-state index contributed by atoms with van der Waals surface area (Å²) in [5.41, 5.74) is -0.367. The number of ether oxygens (including phenoxy) is 1. The molecule has 0 saturated heterocycles. The van der Waals surface area contributed by atoms with Gasteiger partial charge in [0.05, 0.1) is 6.42 Å². The number of hydrogen-bond donors (Lipinski definition) is 0. The van der Waals surface area contributed by atoms with Crippen LogP contribution in [0.1, 0.15) is 33.6 Å². The molecular weight excluding hydrogens is 279 g/mol. The Kier molecular flexibility index (Phi) is 6.37. The lowest BCUT2D eigenvalue weighted by Crippen LogP contribution is -2.23. The average molecular weight is 296 g/mol. The highest BCUT2D eigenvalue weighted by atomic mass is 127. The molecule has 0 aromatic rings. The third kappa shape index (κ3) is 9.86. The normalized spacial score (nSPS) is 12.0. The van der Waals surface area contributed by atoms with Gasteiger partial charge in [0.2, 0.25) is 0 Å². The number of rotatable bonds is 4. The van der Waals surface area contributed by atoms with Crippen LogP contribution in [0, 0.1) is 0 Å². The fourth-order valence-corrected chi connectivity index (χ4v) is 1.10. The number of carbonyl (C=O) groups excluding carboxylic acids is 1. The number of carbonyl (C=O) groups is 1. The Bertz CT molecular complexity index is 180. The lowest BCUT2D eigenvalue weighted by Gasteiger charge is -2.18. The molecule has 0 aliphatic heterocycles. The van der Waals surface area contributed by atoms with Gasteiger partial charge in [0, 0.05) is 4.43 Å². The molecule has 0 fully saturated rings. The first-order chi connectivity index (χ1) is 5.95. The van der Waals surface area contributed by atoms with E-state index in [1.165, 1.54) is 0 Å². The lowest BCUT2D eigenvalue weighted by molar-refractivity contribution is -0.153. The van der Waals surface area contributed by atoms with Gasteiger partial charge in [0.1, 0.15) is 5.60 Å². The molecule has 0 saturated carbocycles. The van der Waals surface area contributed by atoms with Gasteiger partial charge in [0.25, 0.3) is 0 Å². The first-order valence-corrected chi connectivity index (χ1v) is 5.91. The summed E-state index contributed by atoms with van der Waals surface area (Å²) in [6, 6.07) is 0. The van der Waals surface area contributed by atoms with E-state index in [0.29, 0.717) is 6.42 Å². The van der Waals surface area contributed by atoms with Crippen LogP contribution >= 0.6 is 22.6 Å². The maximum atomic E-state index is 11.1. The standard InChI is InChI=1S/C10H17IO2/c1-10(2,3)13-9(12)7-5-4-6-8-11/h4-5H,6-8H2,1-3H3. The molecule has 0 bridgehead atoms. The number of alkyl halides is 1. The van der Waals surface area contributed by atoms with E-state index in [4.69, 9.17) is 4.74 Å². The second-order valence-electron chi connectivity index (χ2n) is 3.74. The largest absolute Gasteiger partial charge is 0.460 e. The van der Waals surface area contributed by atoms with Crippen LogP contribution in [0.25, 0.3) is 0 Å². The van der Waals surface area contributed by atoms with E-state index in [1.807, 2.05) is 32.9 Å². The third-order valence-corrected chi connectivity index (χ3v) is 1.77. The van der Waals surface area contributed by atoms with Crippen molar-refractivity contribution in [2.45, 2.75) is 39.2 Å². The van der Waals surface area contributed by atoms with Crippen LogP contribution in [0.5, 0.6) is 0 Å². The van der Waals surface area contributed by atoms with Gasteiger partial charge in [-0.3, -0.25) is 4.79 Å². The second-order valence-corrected chi connectivity index (χ2v) is 4.82. The zero-order valence-corrected chi connectivity index (χ0v) is 10.6. The summed E-state index contributed by atoms with van der Waals surface area (Å²) in [7, 11) is 0. The number of hydrogen-bond acceptors (Lipinski definition) is 2. The van der Waals surface area contributed by atoms with Crippen molar-refractivity contribution in [3.05, 3.63) is 12.2 Å². The Morgan fingerprint density at radius 1 is 1.38 bits per heavy atom. The van der Waals surface area contributed by atoms with Crippen LogP contribution in [0.15, 0.2) is 12.2 Å². The van der Waals surface area contributed by atoms with Crippen LogP contribution in [-0.2, 0) is 9.53 Å². The molecule has 0 aliphatic carbocycles. The number of allylic oxidation sites excluding steroid dienone is 1. The van der Waals surface area contributed by atoms with Crippen LogP contribution < -0.4 is 0 Å². The van der Waals surface area contributed by atoms with Gasteiger partial charge >= 0.3 is 5.97 Å². The van der Waals surface area contributed by atoms with E-state index in [0.717, 1.165) is 10.8 Å². The molecule has 0 amide bonds. The topological polar surface area (TPSA) is 26.3 Å². The van der Waals surface area contributed by atoms with Gasteiger partial charge in [-0.2, -0.15) is 0 Å². The van der Waals surface area contributed by atoms with Gasteiger partial charge in [-0.15, -0.1) is 0 Å². The highest BCUT2D eigenvalue weighted by Crippen LogP contribution is 2.08. The summed E-state index contributed by atoms with van der Waals surface area (Å²) >= 11 is 2.30. The van der Waals surface area contributed by atoms with Crippen molar-refractivity contribution < 1.29 is 9.53 Å². The minimum atomic E-state index is -0.367. The first kappa shape index (κ1) is 12.9. The van der Waals surface area contributed by atoms with Gasteiger partial charge in [-0.1, -0.05) is 34.7 Å². The molecule has 76 valence electrons. The average Bonchev–Trinajstić information content (AvgIpc) is 1.94. The zero-order chi connectivity index (χ0) is 10.3. The van der Waals surface area contributed by atoms with Gasteiger partial charge < -0.3 is 4.74 Å². The molecule has 0 aromatic heterocycles. The molecular formula is C10H17IO2. The third-order valence-electron chi connectivity index (χ3n) is 1.15.